The van der Waals surface area contributed by atoms with Gasteiger partial charge in [0.1, 0.15) is 5.75 Å². The molecule has 0 amide bonds. The predicted octanol–water partition coefficient (Wildman–Crippen LogP) is 1.99. The molecule has 0 radical (unpaired) electrons. The topological polar surface area (TPSA) is 27.7 Å². The van der Waals surface area contributed by atoms with Crippen molar-refractivity contribution in [2.45, 2.75) is 0 Å². The molecule has 3 nitrogen and oxygen atoms in total. The van der Waals surface area contributed by atoms with E-state index in [4.69, 9.17) is 0 Å². The summed E-state index contributed by atoms with van der Waals surface area (Å²) in [5.41, 5.74) is 0. The summed E-state index contributed by atoms with van der Waals surface area (Å²) in [7, 11) is -2.21. The molecular weight excluding hydrogens is 188 g/mol. The number of rotatable bonds is 4. The molecule has 0 bridgehead atoms. The second-order valence-corrected chi connectivity index (χ2v) is 2.02. The highest BCUT2D eigenvalue weighted by molar-refractivity contribution is 6.36. The molecular formula is C6H4BF3O3. The summed E-state index contributed by atoms with van der Waals surface area (Å²) in [6.07, 6.45) is 0. The van der Waals surface area contributed by atoms with Gasteiger partial charge in [-0.2, -0.15) is 9.72 Å². The van der Waals surface area contributed by atoms with Crippen molar-refractivity contribution in [1.82, 2.24) is 0 Å². The van der Waals surface area contributed by atoms with Gasteiger partial charge in [-0.1, -0.05) is 21.2 Å². The van der Waals surface area contributed by atoms with Crippen LogP contribution in [0.2, 0.25) is 0 Å². The lowest BCUT2D eigenvalue weighted by Crippen LogP contribution is -2.24. The standard InChI is InChI=1S/C6H4BF3O3/c8-5-3-1-2-4-6(5)11-7(12-9)13-10/h1-4H. The van der Waals surface area contributed by atoms with Crippen LogP contribution in [0, 0.1) is 5.82 Å². The fourth-order valence-corrected chi connectivity index (χ4v) is 0.694. The maximum atomic E-state index is 12.7. The summed E-state index contributed by atoms with van der Waals surface area (Å²) >= 11 is 0. The van der Waals surface area contributed by atoms with E-state index in [0.29, 0.717) is 0 Å². The Kier molecular flexibility index (Phi) is 3.60. The van der Waals surface area contributed by atoms with E-state index in [1.165, 1.54) is 18.2 Å². The molecule has 0 saturated heterocycles. The van der Waals surface area contributed by atoms with E-state index in [0.717, 1.165) is 6.07 Å². The van der Waals surface area contributed by atoms with Gasteiger partial charge in [0, 0.05) is 0 Å². The SMILES string of the molecule is FOB(OF)Oc1ccccc1F. The quantitative estimate of drug-likeness (QED) is 0.682. The average molecular weight is 192 g/mol. The monoisotopic (exact) mass is 192 g/mol. The smallest absolute Gasteiger partial charge is 0.506 e. The summed E-state index contributed by atoms with van der Waals surface area (Å²) in [5.74, 6) is -1.15. The van der Waals surface area contributed by atoms with E-state index in [1.807, 2.05) is 0 Å². The molecule has 0 aliphatic carbocycles. The zero-order valence-corrected chi connectivity index (χ0v) is 6.25. The molecule has 13 heavy (non-hydrogen) atoms. The number of hydrogen-bond acceptors (Lipinski definition) is 3. The fraction of sp³-hybridized carbons (Fsp3) is 0. The third-order valence-corrected chi connectivity index (χ3v) is 1.21. The van der Waals surface area contributed by atoms with E-state index < -0.39 is 13.1 Å². The van der Waals surface area contributed by atoms with Crippen LogP contribution in [0.15, 0.2) is 24.3 Å². The van der Waals surface area contributed by atoms with Crippen molar-refractivity contribution in [2.24, 2.45) is 0 Å². The van der Waals surface area contributed by atoms with Crippen LogP contribution in [-0.2, 0) is 9.72 Å². The second-order valence-electron chi connectivity index (χ2n) is 2.02. The Labute approximate surface area is 72.0 Å². The highest BCUT2D eigenvalue weighted by Crippen LogP contribution is 2.16. The molecule has 0 aromatic heterocycles. The lowest BCUT2D eigenvalue weighted by Gasteiger charge is -2.06. The lowest BCUT2D eigenvalue weighted by molar-refractivity contribution is -0.130. The Balaban J connectivity index is 2.67. The molecule has 7 heteroatoms. The molecule has 0 fully saturated rings. The largest absolute Gasteiger partial charge is 0.778 e. The van der Waals surface area contributed by atoms with Crippen LogP contribution >= 0.6 is 0 Å². The number of para-hydroxylation sites is 1. The zero-order valence-electron chi connectivity index (χ0n) is 6.25. The van der Waals surface area contributed by atoms with E-state index in [9.17, 15) is 13.4 Å². The Morgan fingerprint density at radius 2 is 1.69 bits per heavy atom. The molecule has 1 aromatic rings. The minimum absolute atomic E-state index is 0.372. The van der Waals surface area contributed by atoms with Gasteiger partial charge in [0.15, 0.2) is 5.82 Å². The van der Waals surface area contributed by atoms with Gasteiger partial charge in [0.25, 0.3) is 0 Å². The number of benzene rings is 1. The molecule has 0 aliphatic heterocycles. The van der Waals surface area contributed by atoms with Crippen LogP contribution in [-0.4, -0.2) is 7.32 Å². The minimum Gasteiger partial charge on any atom is -0.506 e. The van der Waals surface area contributed by atoms with Gasteiger partial charge >= 0.3 is 7.32 Å². The molecule has 0 saturated carbocycles. The zero-order chi connectivity index (χ0) is 9.68. The molecule has 0 unspecified atom stereocenters. The van der Waals surface area contributed by atoms with Crippen molar-refractivity contribution in [3.63, 3.8) is 0 Å². The molecule has 70 valence electrons. The summed E-state index contributed by atoms with van der Waals surface area (Å²) in [5, 5.41) is 0. The first-order valence-electron chi connectivity index (χ1n) is 3.24. The highest BCUT2D eigenvalue weighted by Gasteiger charge is 2.28. The third-order valence-electron chi connectivity index (χ3n) is 1.21. The van der Waals surface area contributed by atoms with Gasteiger partial charge in [-0.25, -0.2) is 4.39 Å². The average Bonchev–Trinajstić information content (AvgIpc) is 2.17. The van der Waals surface area contributed by atoms with E-state index in [1.54, 1.807) is 0 Å². The minimum atomic E-state index is -2.21. The normalized spacial score (nSPS) is 9.77. The first-order valence-corrected chi connectivity index (χ1v) is 3.24. The summed E-state index contributed by atoms with van der Waals surface area (Å²) < 4.78 is 39.7. The maximum absolute atomic E-state index is 12.7. The van der Waals surface area contributed by atoms with E-state index in [2.05, 4.69) is 14.4 Å². The molecule has 0 N–H and O–H groups in total. The fourth-order valence-electron chi connectivity index (χ4n) is 0.694. The Bertz CT molecular complexity index is 269. The summed E-state index contributed by atoms with van der Waals surface area (Å²) in [6, 6.07) is 5.04. The molecule has 0 aliphatic rings. The van der Waals surface area contributed by atoms with Crippen molar-refractivity contribution < 1.29 is 27.8 Å². The Morgan fingerprint density at radius 3 is 2.23 bits per heavy atom. The van der Waals surface area contributed by atoms with E-state index >= 15 is 0 Å². The van der Waals surface area contributed by atoms with Gasteiger partial charge in [-0.05, 0) is 12.1 Å². The molecule has 0 atom stereocenters. The highest BCUT2D eigenvalue weighted by atomic mass is 19.3. The number of halogens is 3. The van der Waals surface area contributed by atoms with Crippen LogP contribution in [0.3, 0.4) is 0 Å². The molecule has 1 rings (SSSR count). The van der Waals surface area contributed by atoms with Crippen LogP contribution in [0.4, 0.5) is 13.4 Å². The lowest BCUT2D eigenvalue weighted by atomic mass is 10.2. The van der Waals surface area contributed by atoms with Gasteiger partial charge in [0.2, 0.25) is 0 Å². The number of hydrogen-bond donors (Lipinski definition) is 0. The Hall–Kier alpha value is -1.21. The first kappa shape index (κ1) is 9.88. The van der Waals surface area contributed by atoms with Crippen molar-refractivity contribution >= 4 is 7.32 Å². The summed E-state index contributed by atoms with van der Waals surface area (Å²) in [6.45, 7) is 0. The van der Waals surface area contributed by atoms with Crippen molar-refractivity contribution in [3.05, 3.63) is 30.1 Å². The van der Waals surface area contributed by atoms with E-state index in [-0.39, 0.29) is 5.75 Å². The van der Waals surface area contributed by atoms with Gasteiger partial charge in [-0.3, -0.25) is 0 Å². The second kappa shape index (κ2) is 4.73. The van der Waals surface area contributed by atoms with Crippen molar-refractivity contribution in [1.29, 1.82) is 0 Å². The van der Waals surface area contributed by atoms with Crippen LogP contribution in [0.1, 0.15) is 0 Å². The van der Waals surface area contributed by atoms with Crippen LogP contribution in [0.5, 0.6) is 5.75 Å². The summed E-state index contributed by atoms with van der Waals surface area (Å²) in [4.78, 5) is 5.74. The van der Waals surface area contributed by atoms with Gasteiger partial charge in [0.05, 0.1) is 0 Å². The van der Waals surface area contributed by atoms with Gasteiger partial charge in [-0.15, -0.1) is 0 Å². The molecule has 0 spiro atoms. The first-order chi connectivity index (χ1) is 6.27. The maximum Gasteiger partial charge on any atom is 0.778 e. The third kappa shape index (κ3) is 2.64. The van der Waals surface area contributed by atoms with Crippen LogP contribution < -0.4 is 4.65 Å². The predicted molar refractivity (Wildman–Crippen MR) is 37.2 cm³/mol. The van der Waals surface area contributed by atoms with Crippen LogP contribution in [0.25, 0.3) is 0 Å². The van der Waals surface area contributed by atoms with Crippen molar-refractivity contribution in [3.8, 4) is 5.75 Å². The Morgan fingerprint density at radius 1 is 1.08 bits per heavy atom. The molecule has 1 aromatic carbocycles. The molecule has 0 heterocycles. The van der Waals surface area contributed by atoms with Gasteiger partial charge < -0.3 is 4.65 Å². The van der Waals surface area contributed by atoms with Crippen molar-refractivity contribution in [2.75, 3.05) is 0 Å².